The van der Waals surface area contributed by atoms with Gasteiger partial charge in [-0.25, -0.2) is 14.5 Å². The van der Waals surface area contributed by atoms with Crippen LogP contribution in [0.3, 0.4) is 0 Å². The monoisotopic (exact) mass is 410 g/mol. The molecule has 7 nitrogen and oxygen atoms in total. The standard InChI is InChI=1S/C21H22N4O3S/c1-14(2)25-18(11-13-23-25)24-19(26)15(3)28-21(27)17-10-7-12-22-20(17)29-16-8-5-4-6-9-16/h4-15H,1-3H3,(H,24,26). The van der Waals surface area contributed by atoms with E-state index in [1.807, 2.05) is 44.2 Å². The van der Waals surface area contributed by atoms with Gasteiger partial charge in [-0.05, 0) is 45.0 Å². The number of carbonyl (C=O) groups is 2. The van der Waals surface area contributed by atoms with E-state index in [1.165, 1.54) is 18.7 Å². The quantitative estimate of drug-likeness (QED) is 0.588. The summed E-state index contributed by atoms with van der Waals surface area (Å²) in [5.41, 5.74) is 0.313. The Balaban J connectivity index is 1.68. The molecule has 0 aliphatic heterocycles. The maximum atomic E-state index is 12.7. The van der Waals surface area contributed by atoms with Crippen LogP contribution in [-0.2, 0) is 9.53 Å². The van der Waals surface area contributed by atoms with Gasteiger partial charge >= 0.3 is 5.97 Å². The topological polar surface area (TPSA) is 86.1 Å². The third kappa shape index (κ3) is 5.23. The SMILES string of the molecule is CC(OC(=O)c1cccnc1Sc1ccccc1)C(=O)Nc1ccnn1C(C)C. The second kappa shape index (κ2) is 9.38. The van der Waals surface area contributed by atoms with Crippen molar-refractivity contribution in [3.8, 4) is 0 Å². The van der Waals surface area contributed by atoms with Crippen LogP contribution in [0, 0.1) is 0 Å². The number of ether oxygens (including phenoxy) is 1. The Morgan fingerprint density at radius 3 is 2.52 bits per heavy atom. The highest BCUT2D eigenvalue weighted by Gasteiger charge is 2.23. The Hall–Kier alpha value is -3.13. The number of aromatic nitrogens is 3. The highest BCUT2D eigenvalue weighted by Crippen LogP contribution is 2.28. The van der Waals surface area contributed by atoms with E-state index in [0.29, 0.717) is 16.4 Å². The second-order valence-corrected chi connectivity index (χ2v) is 7.63. The molecule has 0 radical (unpaired) electrons. The zero-order valence-corrected chi connectivity index (χ0v) is 17.2. The molecule has 0 aliphatic rings. The number of carbonyl (C=O) groups excluding carboxylic acids is 2. The third-order valence-corrected chi connectivity index (χ3v) is 5.04. The van der Waals surface area contributed by atoms with Crippen LogP contribution in [0.2, 0.25) is 0 Å². The van der Waals surface area contributed by atoms with Crippen LogP contribution < -0.4 is 5.32 Å². The van der Waals surface area contributed by atoms with E-state index in [4.69, 9.17) is 4.74 Å². The van der Waals surface area contributed by atoms with Crippen LogP contribution in [0.4, 0.5) is 5.82 Å². The Labute approximate surface area is 173 Å². The van der Waals surface area contributed by atoms with E-state index >= 15 is 0 Å². The smallest absolute Gasteiger partial charge is 0.341 e. The molecule has 3 rings (SSSR count). The molecule has 0 saturated heterocycles. The van der Waals surface area contributed by atoms with Gasteiger partial charge in [0.25, 0.3) is 5.91 Å². The summed E-state index contributed by atoms with van der Waals surface area (Å²) in [7, 11) is 0. The minimum absolute atomic E-state index is 0.0890. The molecule has 0 aliphatic carbocycles. The maximum Gasteiger partial charge on any atom is 0.341 e. The fraction of sp³-hybridized carbons (Fsp3) is 0.238. The van der Waals surface area contributed by atoms with Crippen LogP contribution in [0.25, 0.3) is 0 Å². The van der Waals surface area contributed by atoms with Crippen molar-refractivity contribution in [3.63, 3.8) is 0 Å². The molecule has 8 heteroatoms. The highest BCUT2D eigenvalue weighted by molar-refractivity contribution is 7.99. The van der Waals surface area contributed by atoms with Gasteiger partial charge in [0.05, 0.1) is 11.8 Å². The molecular weight excluding hydrogens is 388 g/mol. The van der Waals surface area contributed by atoms with Crippen molar-refractivity contribution in [1.29, 1.82) is 0 Å². The van der Waals surface area contributed by atoms with E-state index in [1.54, 1.807) is 35.3 Å². The molecule has 1 aromatic carbocycles. The van der Waals surface area contributed by atoms with Crippen molar-refractivity contribution < 1.29 is 14.3 Å². The lowest BCUT2D eigenvalue weighted by Gasteiger charge is -2.16. The third-order valence-electron chi connectivity index (χ3n) is 4.01. The van der Waals surface area contributed by atoms with Gasteiger partial charge in [0.2, 0.25) is 0 Å². The molecule has 2 heterocycles. The molecule has 1 N–H and O–H groups in total. The summed E-state index contributed by atoms with van der Waals surface area (Å²) in [6.07, 6.45) is 2.24. The fourth-order valence-electron chi connectivity index (χ4n) is 2.56. The maximum absolute atomic E-state index is 12.7. The van der Waals surface area contributed by atoms with Crippen molar-refractivity contribution in [3.05, 3.63) is 66.5 Å². The number of amides is 1. The van der Waals surface area contributed by atoms with Crippen molar-refractivity contribution >= 4 is 29.5 Å². The molecule has 0 fully saturated rings. The van der Waals surface area contributed by atoms with E-state index in [9.17, 15) is 9.59 Å². The number of benzene rings is 1. The summed E-state index contributed by atoms with van der Waals surface area (Å²) in [6.45, 7) is 5.45. The van der Waals surface area contributed by atoms with Crippen molar-refractivity contribution in [2.24, 2.45) is 0 Å². The molecular formula is C21H22N4O3S. The average molecular weight is 410 g/mol. The van der Waals surface area contributed by atoms with Crippen LogP contribution in [0.15, 0.2) is 70.8 Å². The van der Waals surface area contributed by atoms with Crippen molar-refractivity contribution in [2.45, 2.75) is 42.8 Å². The van der Waals surface area contributed by atoms with Gasteiger partial charge in [-0.2, -0.15) is 5.10 Å². The van der Waals surface area contributed by atoms with Gasteiger partial charge in [0.15, 0.2) is 6.10 Å². The molecule has 150 valence electrons. The zero-order chi connectivity index (χ0) is 20.8. The van der Waals surface area contributed by atoms with E-state index < -0.39 is 18.0 Å². The lowest BCUT2D eigenvalue weighted by atomic mass is 10.3. The number of hydrogen-bond donors (Lipinski definition) is 1. The predicted octanol–water partition coefficient (Wildman–Crippen LogP) is 4.19. The van der Waals surface area contributed by atoms with E-state index in [2.05, 4.69) is 15.4 Å². The average Bonchev–Trinajstić information content (AvgIpc) is 3.17. The van der Waals surface area contributed by atoms with E-state index in [0.717, 1.165) is 4.90 Å². The molecule has 0 spiro atoms. The molecule has 29 heavy (non-hydrogen) atoms. The number of pyridine rings is 1. The summed E-state index contributed by atoms with van der Waals surface area (Å²) in [6, 6.07) is 14.7. The molecule has 0 bridgehead atoms. The van der Waals surface area contributed by atoms with Gasteiger partial charge in [-0.15, -0.1) is 0 Å². The second-order valence-electron chi connectivity index (χ2n) is 6.56. The van der Waals surface area contributed by atoms with Crippen LogP contribution in [0.5, 0.6) is 0 Å². The Morgan fingerprint density at radius 1 is 1.03 bits per heavy atom. The van der Waals surface area contributed by atoms with Gasteiger partial charge in [0.1, 0.15) is 10.8 Å². The summed E-state index contributed by atoms with van der Waals surface area (Å²) in [4.78, 5) is 30.4. The molecule has 2 aromatic heterocycles. The van der Waals surface area contributed by atoms with Crippen LogP contribution in [-0.4, -0.2) is 32.7 Å². The van der Waals surface area contributed by atoms with Crippen LogP contribution >= 0.6 is 11.8 Å². The summed E-state index contributed by atoms with van der Waals surface area (Å²) >= 11 is 1.36. The van der Waals surface area contributed by atoms with Crippen molar-refractivity contribution in [1.82, 2.24) is 14.8 Å². The first-order valence-corrected chi connectivity index (χ1v) is 10.0. The normalized spacial score (nSPS) is 11.9. The molecule has 3 aromatic rings. The first-order chi connectivity index (χ1) is 14.0. The van der Waals surface area contributed by atoms with Gasteiger partial charge in [-0.3, -0.25) is 4.79 Å². The molecule has 0 saturated carbocycles. The number of nitrogens with zero attached hydrogens (tertiary/aromatic N) is 3. The first kappa shape index (κ1) is 20.6. The Bertz CT molecular complexity index is 988. The number of esters is 1. The minimum Gasteiger partial charge on any atom is -0.449 e. The van der Waals surface area contributed by atoms with Gasteiger partial charge in [-0.1, -0.05) is 30.0 Å². The minimum atomic E-state index is -0.979. The molecule has 1 amide bonds. The lowest BCUT2D eigenvalue weighted by molar-refractivity contribution is -0.123. The summed E-state index contributed by atoms with van der Waals surface area (Å²) < 4.78 is 7.07. The Morgan fingerprint density at radius 2 is 1.79 bits per heavy atom. The largest absolute Gasteiger partial charge is 0.449 e. The summed E-state index contributed by atoms with van der Waals surface area (Å²) in [5, 5.41) is 7.44. The number of rotatable bonds is 7. The summed E-state index contributed by atoms with van der Waals surface area (Å²) in [5.74, 6) is -0.479. The van der Waals surface area contributed by atoms with Gasteiger partial charge in [0, 0.05) is 23.2 Å². The Kier molecular flexibility index (Phi) is 6.66. The highest BCUT2D eigenvalue weighted by atomic mass is 32.2. The molecule has 1 unspecified atom stereocenters. The molecule has 1 atom stereocenters. The fourth-order valence-corrected chi connectivity index (χ4v) is 3.45. The van der Waals surface area contributed by atoms with Gasteiger partial charge < -0.3 is 10.1 Å². The predicted molar refractivity (Wildman–Crippen MR) is 111 cm³/mol. The number of hydrogen-bond acceptors (Lipinski definition) is 6. The zero-order valence-electron chi connectivity index (χ0n) is 16.4. The number of anilines is 1. The van der Waals surface area contributed by atoms with E-state index in [-0.39, 0.29) is 6.04 Å². The number of nitrogens with one attached hydrogen (secondary N) is 1. The van der Waals surface area contributed by atoms with Crippen LogP contribution in [0.1, 0.15) is 37.2 Å². The first-order valence-electron chi connectivity index (χ1n) is 9.19. The van der Waals surface area contributed by atoms with Crippen molar-refractivity contribution in [2.75, 3.05) is 5.32 Å². The lowest BCUT2D eigenvalue weighted by Crippen LogP contribution is -2.31.